The lowest BCUT2D eigenvalue weighted by atomic mass is 9.79. The van der Waals surface area contributed by atoms with Crippen LogP contribution in [-0.4, -0.2) is 10.8 Å². The molecule has 1 N–H and O–H groups in total. The zero-order valence-corrected chi connectivity index (χ0v) is 11.9. The molecular weight excluding hydrogens is 272 g/mol. The van der Waals surface area contributed by atoms with E-state index < -0.39 is 11.8 Å². The van der Waals surface area contributed by atoms with Crippen LogP contribution in [0.3, 0.4) is 0 Å². The number of hydrogen-bond acceptors (Lipinski definition) is 5. The van der Waals surface area contributed by atoms with E-state index in [2.05, 4.69) is 6.07 Å². The van der Waals surface area contributed by atoms with Crippen molar-refractivity contribution in [1.29, 1.82) is 10.7 Å². The van der Waals surface area contributed by atoms with Gasteiger partial charge in [-0.05, 0) is 36.8 Å². The monoisotopic (exact) mass is 286 g/mol. The standard InChI is InChI=1S/C15H14N2O2S/c1-8-5-6-11(19-8)13-9(7-16)15(17)20-12-4-2-3-10(18)14(12)13/h5-6,9,13,17H,2-4H2,1H3/t9-,13-/m1/s1. The normalized spacial score (nSPS) is 26.4. The lowest BCUT2D eigenvalue weighted by Gasteiger charge is -2.32. The third-order valence-electron chi connectivity index (χ3n) is 3.78. The second kappa shape index (κ2) is 4.95. The molecule has 20 heavy (non-hydrogen) atoms. The average Bonchev–Trinajstić information content (AvgIpc) is 2.84. The van der Waals surface area contributed by atoms with Gasteiger partial charge in [0.1, 0.15) is 17.4 Å². The lowest BCUT2D eigenvalue weighted by Crippen LogP contribution is -2.30. The molecule has 5 heteroatoms. The zero-order chi connectivity index (χ0) is 14.3. The maximum Gasteiger partial charge on any atom is 0.160 e. The first kappa shape index (κ1) is 13.2. The van der Waals surface area contributed by atoms with Crippen LogP contribution in [0.5, 0.6) is 0 Å². The molecule has 0 unspecified atom stereocenters. The first-order valence-corrected chi connectivity index (χ1v) is 7.42. The number of hydrogen-bond donors (Lipinski definition) is 1. The quantitative estimate of drug-likeness (QED) is 0.856. The van der Waals surface area contributed by atoms with Crippen LogP contribution < -0.4 is 0 Å². The first-order valence-electron chi connectivity index (χ1n) is 6.60. The van der Waals surface area contributed by atoms with E-state index in [9.17, 15) is 10.1 Å². The maximum absolute atomic E-state index is 12.3. The number of carbonyl (C=O) groups is 1. The van der Waals surface area contributed by atoms with E-state index in [0.717, 1.165) is 23.5 Å². The number of carbonyl (C=O) groups excluding carboxylic acids is 1. The number of nitrogens with zero attached hydrogens (tertiary/aromatic N) is 1. The van der Waals surface area contributed by atoms with E-state index in [1.54, 1.807) is 0 Å². The Labute approximate surface area is 121 Å². The van der Waals surface area contributed by atoms with Gasteiger partial charge in [0, 0.05) is 12.0 Å². The Morgan fingerprint density at radius 3 is 2.90 bits per heavy atom. The fourth-order valence-corrected chi connectivity index (χ4v) is 4.04. The molecule has 1 aliphatic heterocycles. The van der Waals surface area contributed by atoms with Gasteiger partial charge < -0.3 is 4.42 Å². The van der Waals surface area contributed by atoms with E-state index in [1.165, 1.54) is 11.8 Å². The van der Waals surface area contributed by atoms with E-state index >= 15 is 0 Å². The summed E-state index contributed by atoms with van der Waals surface area (Å²) >= 11 is 1.29. The Hall–Kier alpha value is -1.80. The first-order chi connectivity index (χ1) is 9.61. The fourth-order valence-electron chi connectivity index (χ4n) is 2.86. The number of aryl methyl sites for hydroxylation is 1. The molecule has 1 aromatic rings. The van der Waals surface area contributed by atoms with Crippen LogP contribution in [0.2, 0.25) is 0 Å². The van der Waals surface area contributed by atoms with E-state index in [0.29, 0.717) is 22.8 Å². The number of nitrogens with one attached hydrogen (secondary N) is 1. The van der Waals surface area contributed by atoms with E-state index in [4.69, 9.17) is 9.83 Å². The molecule has 2 aliphatic rings. The molecule has 0 amide bonds. The third kappa shape index (κ3) is 2.01. The fraction of sp³-hybridized carbons (Fsp3) is 0.400. The molecule has 2 atom stereocenters. The molecule has 102 valence electrons. The Bertz CT molecular complexity index is 666. The number of ketones is 1. The zero-order valence-electron chi connectivity index (χ0n) is 11.1. The van der Waals surface area contributed by atoms with Crippen molar-refractivity contribution in [3.63, 3.8) is 0 Å². The summed E-state index contributed by atoms with van der Waals surface area (Å²) in [5, 5.41) is 17.8. The van der Waals surface area contributed by atoms with Gasteiger partial charge in [0.15, 0.2) is 5.78 Å². The summed E-state index contributed by atoms with van der Waals surface area (Å²) in [5.41, 5.74) is 0.707. The van der Waals surface area contributed by atoms with Crippen molar-refractivity contribution < 1.29 is 9.21 Å². The summed E-state index contributed by atoms with van der Waals surface area (Å²) in [4.78, 5) is 13.2. The Morgan fingerprint density at radius 1 is 1.45 bits per heavy atom. The van der Waals surface area contributed by atoms with Crippen LogP contribution >= 0.6 is 11.8 Å². The number of Topliss-reactive ketones (excluding diaryl/α,β-unsaturated/α-hetero) is 1. The number of allylic oxidation sites excluding steroid dienone is 2. The van der Waals surface area contributed by atoms with Crippen molar-refractivity contribution >= 4 is 22.6 Å². The van der Waals surface area contributed by atoms with Crippen LogP contribution in [0.15, 0.2) is 27.0 Å². The van der Waals surface area contributed by atoms with Gasteiger partial charge in [0.2, 0.25) is 0 Å². The summed E-state index contributed by atoms with van der Waals surface area (Å²) < 4.78 is 5.66. The Balaban J connectivity index is 2.16. The van der Waals surface area contributed by atoms with Crippen LogP contribution in [0, 0.1) is 29.6 Å². The van der Waals surface area contributed by atoms with E-state index in [-0.39, 0.29) is 5.78 Å². The summed E-state index contributed by atoms with van der Waals surface area (Å²) in [7, 11) is 0. The topological polar surface area (TPSA) is 77.9 Å². The number of rotatable bonds is 1. The van der Waals surface area contributed by atoms with Gasteiger partial charge in [-0.25, -0.2) is 0 Å². The van der Waals surface area contributed by atoms with Crippen molar-refractivity contribution in [1.82, 2.24) is 0 Å². The van der Waals surface area contributed by atoms with Gasteiger partial charge in [0.25, 0.3) is 0 Å². The van der Waals surface area contributed by atoms with Gasteiger partial charge in [-0.1, -0.05) is 11.8 Å². The lowest BCUT2D eigenvalue weighted by molar-refractivity contribution is -0.116. The van der Waals surface area contributed by atoms with Crippen LogP contribution in [0.1, 0.15) is 36.7 Å². The number of furan rings is 1. The highest BCUT2D eigenvalue weighted by molar-refractivity contribution is 8.17. The molecule has 3 rings (SSSR count). The number of thioether (sulfide) groups is 1. The molecule has 0 radical (unpaired) electrons. The Kier molecular flexibility index (Phi) is 3.27. The van der Waals surface area contributed by atoms with Gasteiger partial charge in [-0.15, -0.1) is 0 Å². The predicted octanol–water partition coefficient (Wildman–Crippen LogP) is 3.54. The van der Waals surface area contributed by atoms with E-state index in [1.807, 2.05) is 19.1 Å². The molecule has 0 saturated heterocycles. The molecule has 0 saturated carbocycles. The molecule has 1 aromatic heterocycles. The summed E-state index contributed by atoms with van der Waals surface area (Å²) in [6.45, 7) is 1.84. The van der Waals surface area contributed by atoms with Gasteiger partial charge in [-0.3, -0.25) is 10.2 Å². The Morgan fingerprint density at radius 2 is 2.25 bits per heavy atom. The third-order valence-corrected chi connectivity index (χ3v) is 4.92. The van der Waals surface area contributed by atoms with Crippen LogP contribution in [0.4, 0.5) is 0 Å². The predicted molar refractivity (Wildman–Crippen MR) is 76.5 cm³/mol. The van der Waals surface area contributed by atoms with Crippen molar-refractivity contribution in [2.24, 2.45) is 5.92 Å². The second-order valence-corrected chi connectivity index (χ2v) is 6.25. The highest BCUT2D eigenvalue weighted by Crippen LogP contribution is 2.48. The highest BCUT2D eigenvalue weighted by atomic mass is 32.2. The maximum atomic E-state index is 12.3. The minimum Gasteiger partial charge on any atom is -0.466 e. The molecule has 1 aliphatic carbocycles. The number of nitriles is 1. The molecule has 2 heterocycles. The summed E-state index contributed by atoms with van der Waals surface area (Å²) in [5.74, 6) is 0.454. The average molecular weight is 286 g/mol. The van der Waals surface area contributed by atoms with Gasteiger partial charge in [-0.2, -0.15) is 5.26 Å². The van der Waals surface area contributed by atoms with Gasteiger partial charge in [0.05, 0.1) is 17.0 Å². The minimum absolute atomic E-state index is 0.102. The SMILES string of the molecule is Cc1ccc([C@@H]2C3=C(CCCC3=O)SC(=N)[C@@H]2C#N)o1. The molecule has 4 nitrogen and oxygen atoms in total. The van der Waals surface area contributed by atoms with Gasteiger partial charge >= 0.3 is 0 Å². The van der Waals surface area contributed by atoms with Crippen molar-refractivity contribution in [3.05, 3.63) is 34.1 Å². The summed E-state index contributed by atoms with van der Waals surface area (Å²) in [6, 6.07) is 5.83. The molecule has 0 fully saturated rings. The molecule has 0 aromatic carbocycles. The minimum atomic E-state index is -0.619. The highest BCUT2D eigenvalue weighted by Gasteiger charge is 2.42. The summed E-state index contributed by atoms with van der Waals surface area (Å²) in [6.07, 6.45) is 2.18. The van der Waals surface area contributed by atoms with Crippen molar-refractivity contribution in [2.45, 2.75) is 32.1 Å². The molecular formula is C15H14N2O2S. The van der Waals surface area contributed by atoms with Crippen LogP contribution in [-0.2, 0) is 4.79 Å². The van der Waals surface area contributed by atoms with Crippen molar-refractivity contribution in [2.75, 3.05) is 0 Å². The molecule has 0 bridgehead atoms. The second-order valence-electron chi connectivity index (χ2n) is 5.11. The smallest absolute Gasteiger partial charge is 0.160 e. The van der Waals surface area contributed by atoms with Crippen LogP contribution in [0.25, 0.3) is 0 Å². The largest absolute Gasteiger partial charge is 0.466 e. The van der Waals surface area contributed by atoms with Crippen molar-refractivity contribution in [3.8, 4) is 6.07 Å². The molecule has 0 spiro atoms.